The molecule has 100 valence electrons. The second-order valence-electron chi connectivity index (χ2n) is 4.71. The first-order chi connectivity index (χ1) is 9.13. The Kier molecular flexibility index (Phi) is 4.17. The van der Waals surface area contributed by atoms with E-state index in [1.165, 1.54) is 5.56 Å². The first kappa shape index (κ1) is 13.6. The molecular weight excluding hydrogens is 236 g/mol. The Morgan fingerprint density at radius 3 is 2.37 bits per heavy atom. The van der Waals surface area contributed by atoms with Gasteiger partial charge in [0, 0.05) is 18.4 Å². The third kappa shape index (κ3) is 3.12. The van der Waals surface area contributed by atoms with Crippen LogP contribution >= 0.6 is 0 Å². The monoisotopic (exact) mass is 256 g/mol. The van der Waals surface area contributed by atoms with Crippen LogP contribution in [-0.4, -0.2) is 17.1 Å². The lowest BCUT2D eigenvalue weighted by Crippen LogP contribution is -2.12. The number of aromatic nitrogens is 1. The van der Waals surface area contributed by atoms with Crippen LogP contribution < -0.4 is 4.90 Å². The Balaban J connectivity index is 2.31. The number of anilines is 2. The van der Waals surface area contributed by atoms with Gasteiger partial charge < -0.3 is 10.0 Å². The average molecular weight is 256 g/mol. The first-order valence-electron chi connectivity index (χ1n) is 6.55. The summed E-state index contributed by atoms with van der Waals surface area (Å²) in [5.74, 6) is 0.855. The van der Waals surface area contributed by atoms with Crippen LogP contribution in [0.2, 0.25) is 0 Å². The Morgan fingerprint density at radius 2 is 1.79 bits per heavy atom. The van der Waals surface area contributed by atoms with Gasteiger partial charge in [-0.05, 0) is 48.7 Å². The van der Waals surface area contributed by atoms with Crippen molar-refractivity contribution in [3.05, 3.63) is 53.2 Å². The summed E-state index contributed by atoms with van der Waals surface area (Å²) in [6.07, 6.45) is 1.04. The maximum absolute atomic E-state index is 9.26. The molecule has 3 heteroatoms. The minimum absolute atomic E-state index is 0.0406. The minimum atomic E-state index is 0.0406. The maximum Gasteiger partial charge on any atom is 0.133 e. The number of rotatable bonds is 4. The van der Waals surface area contributed by atoms with Crippen molar-refractivity contribution in [3.63, 3.8) is 0 Å². The van der Waals surface area contributed by atoms with Crippen molar-refractivity contribution in [1.29, 1.82) is 0 Å². The summed E-state index contributed by atoms with van der Waals surface area (Å²) < 4.78 is 0. The number of aliphatic hydroxyl groups excluding tert-OH is 1. The molecule has 1 aromatic carbocycles. The highest BCUT2D eigenvalue weighted by Crippen LogP contribution is 2.23. The molecule has 0 aliphatic rings. The van der Waals surface area contributed by atoms with Crippen molar-refractivity contribution in [2.45, 2.75) is 26.9 Å². The van der Waals surface area contributed by atoms with Crippen LogP contribution in [0.25, 0.3) is 0 Å². The van der Waals surface area contributed by atoms with Crippen LogP contribution in [0.4, 0.5) is 11.5 Å². The molecule has 0 radical (unpaired) electrons. The number of hydrogen-bond donors (Lipinski definition) is 1. The van der Waals surface area contributed by atoms with Crippen LogP contribution in [-0.2, 0) is 13.0 Å². The number of aryl methyl sites for hydroxylation is 2. The van der Waals surface area contributed by atoms with Gasteiger partial charge in [-0.2, -0.15) is 0 Å². The fourth-order valence-corrected chi connectivity index (χ4v) is 2.07. The van der Waals surface area contributed by atoms with Crippen molar-refractivity contribution in [2.24, 2.45) is 0 Å². The first-order valence-corrected chi connectivity index (χ1v) is 6.55. The Bertz CT molecular complexity index is 549. The molecule has 19 heavy (non-hydrogen) atoms. The van der Waals surface area contributed by atoms with Crippen LogP contribution in [0, 0.1) is 6.92 Å². The molecule has 0 aliphatic carbocycles. The molecule has 0 spiro atoms. The highest BCUT2D eigenvalue weighted by Gasteiger charge is 2.07. The van der Waals surface area contributed by atoms with E-state index < -0.39 is 0 Å². The predicted molar refractivity (Wildman–Crippen MR) is 78.8 cm³/mol. The number of nitrogens with zero attached hydrogens (tertiary/aromatic N) is 2. The van der Waals surface area contributed by atoms with E-state index in [0.29, 0.717) is 0 Å². The third-order valence-electron chi connectivity index (χ3n) is 3.26. The van der Waals surface area contributed by atoms with E-state index in [9.17, 15) is 5.11 Å². The Labute approximate surface area is 114 Å². The van der Waals surface area contributed by atoms with Crippen molar-refractivity contribution in [1.82, 2.24) is 4.98 Å². The number of pyridine rings is 1. The Hall–Kier alpha value is -1.87. The summed E-state index contributed by atoms with van der Waals surface area (Å²) in [4.78, 5) is 6.55. The minimum Gasteiger partial charge on any atom is -0.392 e. The molecule has 1 N–H and O–H groups in total. The zero-order valence-electron chi connectivity index (χ0n) is 11.7. The molecular formula is C16H20N2O. The largest absolute Gasteiger partial charge is 0.392 e. The molecule has 1 aromatic heterocycles. The van der Waals surface area contributed by atoms with E-state index in [-0.39, 0.29) is 6.61 Å². The van der Waals surface area contributed by atoms with Gasteiger partial charge in [-0.25, -0.2) is 4.98 Å². The van der Waals surface area contributed by atoms with Crippen molar-refractivity contribution in [2.75, 3.05) is 11.9 Å². The van der Waals surface area contributed by atoms with Gasteiger partial charge in [-0.3, -0.25) is 0 Å². The Morgan fingerprint density at radius 1 is 1.11 bits per heavy atom. The van der Waals surface area contributed by atoms with E-state index in [0.717, 1.165) is 29.2 Å². The quantitative estimate of drug-likeness (QED) is 0.912. The summed E-state index contributed by atoms with van der Waals surface area (Å²) >= 11 is 0. The summed E-state index contributed by atoms with van der Waals surface area (Å²) in [6.45, 7) is 4.13. The van der Waals surface area contributed by atoms with E-state index in [1.807, 2.05) is 31.0 Å². The lowest BCUT2D eigenvalue weighted by atomic mass is 10.1. The van der Waals surface area contributed by atoms with Gasteiger partial charge in [0.25, 0.3) is 0 Å². The smallest absolute Gasteiger partial charge is 0.133 e. The lowest BCUT2D eigenvalue weighted by Gasteiger charge is -2.19. The van der Waals surface area contributed by atoms with Crippen LogP contribution in [0.5, 0.6) is 0 Å². The molecule has 2 aromatic rings. The fraction of sp³-hybridized carbons (Fsp3) is 0.312. The second kappa shape index (κ2) is 5.85. The highest BCUT2D eigenvalue weighted by atomic mass is 16.3. The van der Waals surface area contributed by atoms with Gasteiger partial charge in [0.15, 0.2) is 0 Å². The van der Waals surface area contributed by atoms with Crippen LogP contribution in [0.15, 0.2) is 36.4 Å². The van der Waals surface area contributed by atoms with E-state index in [4.69, 9.17) is 0 Å². The molecule has 2 rings (SSSR count). The van der Waals surface area contributed by atoms with E-state index in [2.05, 4.69) is 36.2 Å². The van der Waals surface area contributed by atoms with E-state index in [1.54, 1.807) is 0 Å². The van der Waals surface area contributed by atoms with Gasteiger partial charge in [0.1, 0.15) is 5.82 Å². The number of hydrogen-bond acceptors (Lipinski definition) is 3. The van der Waals surface area contributed by atoms with Crippen LogP contribution in [0.1, 0.15) is 23.7 Å². The predicted octanol–water partition coefficient (Wildman–Crippen LogP) is 3.21. The summed E-state index contributed by atoms with van der Waals surface area (Å²) in [6, 6.07) is 12.3. The van der Waals surface area contributed by atoms with Gasteiger partial charge in [0.2, 0.25) is 0 Å². The molecule has 0 aliphatic heterocycles. The van der Waals surface area contributed by atoms with Crippen molar-refractivity contribution >= 4 is 11.5 Å². The summed E-state index contributed by atoms with van der Waals surface area (Å²) in [5, 5.41) is 9.26. The fourth-order valence-electron chi connectivity index (χ4n) is 2.07. The topological polar surface area (TPSA) is 36.4 Å². The van der Waals surface area contributed by atoms with Gasteiger partial charge >= 0.3 is 0 Å². The highest BCUT2D eigenvalue weighted by molar-refractivity contribution is 5.60. The van der Waals surface area contributed by atoms with Gasteiger partial charge in [0.05, 0.1) is 6.61 Å². The molecule has 1 heterocycles. The molecule has 3 nitrogen and oxygen atoms in total. The maximum atomic E-state index is 9.26. The zero-order chi connectivity index (χ0) is 13.8. The molecule has 0 bridgehead atoms. The zero-order valence-corrected chi connectivity index (χ0v) is 11.7. The van der Waals surface area contributed by atoms with Gasteiger partial charge in [-0.15, -0.1) is 0 Å². The molecule has 0 atom stereocenters. The normalized spacial score (nSPS) is 10.5. The molecule has 0 amide bonds. The second-order valence-corrected chi connectivity index (χ2v) is 4.71. The third-order valence-corrected chi connectivity index (χ3v) is 3.26. The van der Waals surface area contributed by atoms with Crippen molar-refractivity contribution < 1.29 is 5.11 Å². The average Bonchev–Trinajstić information content (AvgIpc) is 2.46. The molecule has 0 saturated carbocycles. The van der Waals surface area contributed by atoms with Crippen molar-refractivity contribution in [3.8, 4) is 0 Å². The number of aliphatic hydroxyl groups is 1. The standard InChI is InChI=1S/C16H20N2O/c1-4-13-5-7-15(8-6-13)18(3)16-10-14(11-19)9-12(2)17-16/h5-10,19H,4,11H2,1-3H3. The van der Waals surface area contributed by atoms with E-state index >= 15 is 0 Å². The van der Waals surface area contributed by atoms with Crippen LogP contribution in [0.3, 0.4) is 0 Å². The van der Waals surface area contributed by atoms with Gasteiger partial charge in [-0.1, -0.05) is 19.1 Å². The molecule has 0 saturated heterocycles. The number of benzene rings is 1. The lowest BCUT2D eigenvalue weighted by molar-refractivity contribution is 0.281. The summed E-state index contributed by atoms with van der Waals surface area (Å²) in [7, 11) is 1.99. The molecule has 0 unspecified atom stereocenters. The SMILES string of the molecule is CCc1ccc(N(C)c2cc(CO)cc(C)n2)cc1. The molecule has 0 fully saturated rings. The summed E-state index contributed by atoms with van der Waals surface area (Å²) in [5.41, 5.74) is 4.22.